The second kappa shape index (κ2) is 6.26. The van der Waals surface area contributed by atoms with E-state index in [1.54, 1.807) is 12.7 Å². The molecule has 0 radical (unpaired) electrons. The summed E-state index contributed by atoms with van der Waals surface area (Å²) in [5, 5.41) is 2.56. The molecule has 5 heteroatoms. The number of aromatic amines is 1. The van der Waals surface area contributed by atoms with Crippen LogP contribution in [0.25, 0.3) is 28.0 Å². The van der Waals surface area contributed by atoms with Gasteiger partial charge >= 0.3 is 0 Å². The molecule has 0 bridgehead atoms. The van der Waals surface area contributed by atoms with Gasteiger partial charge in [-0.3, -0.25) is 0 Å². The minimum Gasteiger partial charge on any atom is -0.348 e. The molecule has 5 rings (SSSR count). The molecular formula is C21H19N5. The Bertz CT molecular complexity index is 1090. The lowest BCUT2D eigenvalue weighted by Crippen LogP contribution is -2.28. The van der Waals surface area contributed by atoms with Crippen LogP contribution in [0.5, 0.6) is 0 Å². The van der Waals surface area contributed by atoms with Crippen molar-refractivity contribution in [1.82, 2.24) is 19.9 Å². The Morgan fingerprint density at radius 1 is 1.04 bits per heavy atom. The third kappa shape index (κ3) is 2.52. The van der Waals surface area contributed by atoms with E-state index in [0.29, 0.717) is 6.04 Å². The predicted molar refractivity (Wildman–Crippen MR) is 105 cm³/mol. The van der Waals surface area contributed by atoms with Gasteiger partial charge in [0.05, 0.1) is 6.33 Å². The Balaban J connectivity index is 1.49. The van der Waals surface area contributed by atoms with Gasteiger partial charge in [-0.15, -0.1) is 0 Å². The van der Waals surface area contributed by atoms with Crippen molar-refractivity contribution in [2.45, 2.75) is 18.9 Å². The van der Waals surface area contributed by atoms with E-state index < -0.39 is 0 Å². The summed E-state index contributed by atoms with van der Waals surface area (Å²) in [7, 11) is 0. The number of fused-ring (bicyclic) bond motifs is 2. The number of hydrogen-bond acceptors (Lipinski definition) is 4. The molecular weight excluding hydrogens is 322 g/mol. The molecule has 128 valence electrons. The molecule has 0 unspecified atom stereocenters. The maximum Gasteiger partial charge on any atom is 0.162 e. The van der Waals surface area contributed by atoms with Crippen LogP contribution in [0.1, 0.15) is 18.4 Å². The Kier molecular flexibility index (Phi) is 3.63. The van der Waals surface area contributed by atoms with Gasteiger partial charge in [-0.25, -0.2) is 15.0 Å². The maximum absolute atomic E-state index is 4.51. The quantitative estimate of drug-likeness (QED) is 0.607. The summed E-state index contributed by atoms with van der Waals surface area (Å²) >= 11 is 0. The first kappa shape index (κ1) is 15.1. The highest BCUT2D eigenvalue weighted by molar-refractivity contribution is 5.90. The monoisotopic (exact) mass is 341 g/mol. The number of aromatic nitrogens is 4. The second-order valence-electron chi connectivity index (χ2n) is 6.63. The van der Waals surface area contributed by atoms with E-state index in [-0.39, 0.29) is 0 Å². The van der Waals surface area contributed by atoms with Crippen LogP contribution in [0.2, 0.25) is 0 Å². The van der Waals surface area contributed by atoms with Crippen molar-refractivity contribution in [1.29, 1.82) is 0 Å². The van der Waals surface area contributed by atoms with Crippen molar-refractivity contribution in [3.05, 3.63) is 66.8 Å². The van der Waals surface area contributed by atoms with Gasteiger partial charge in [-0.1, -0.05) is 54.6 Å². The van der Waals surface area contributed by atoms with Crippen molar-refractivity contribution in [3.8, 4) is 0 Å². The van der Waals surface area contributed by atoms with Crippen LogP contribution in [0.4, 0.5) is 5.82 Å². The zero-order valence-electron chi connectivity index (χ0n) is 14.3. The summed E-state index contributed by atoms with van der Waals surface area (Å²) in [5.74, 6) is 0.918. The lowest BCUT2D eigenvalue weighted by molar-refractivity contribution is 0.799. The first-order valence-corrected chi connectivity index (χ1v) is 8.97. The summed E-state index contributed by atoms with van der Waals surface area (Å²) in [5.41, 5.74) is 2.89. The molecule has 1 N–H and O–H groups in total. The van der Waals surface area contributed by atoms with Crippen LogP contribution in [0.15, 0.2) is 61.2 Å². The fourth-order valence-corrected chi connectivity index (χ4v) is 3.83. The zero-order valence-corrected chi connectivity index (χ0v) is 14.3. The number of imidazole rings is 1. The summed E-state index contributed by atoms with van der Waals surface area (Å²) in [4.78, 5) is 18.6. The average molecular weight is 341 g/mol. The first-order chi connectivity index (χ1) is 12.9. The van der Waals surface area contributed by atoms with Crippen LogP contribution in [0, 0.1) is 0 Å². The number of hydrogen-bond donors (Lipinski definition) is 1. The van der Waals surface area contributed by atoms with Gasteiger partial charge in [0, 0.05) is 12.6 Å². The average Bonchev–Trinajstić information content (AvgIpc) is 3.35. The standard InChI is InChI=1S/C21H19N5/c1-2-9-18-15(5-1)6-3-7-16(18)10-11-17-8-4-12-26(17)21-19-20(23-13-22-19)24-14-25-21/h1-3,5-7,9-11,13-14,17H,4,8,12H2,(H,22,23,24,25)/t17-/m1/s1. The molecule has 0 aliphatic carbocycles. The van der Waals surface area contributed by atoms with Gasteiger partial charge < -0.3 is 9.88 Å². The van der Waals surface area contributed by atoms with Gasteiger partial charge in [0.25, 0.3) is 0 Å². The van der Waals surface area contributed by atoms with E-state index in [4.69, 9.17) is 0 Å². The number of nitrogens with one attached hydrogen (secondary N) is 1. The molecule has 0 spiro atoms. The Morgan fingerprint density at radius 3 is 2.96 bits per heavy atom. The minimum atomic E-state index is 0.323. The van der Waals surface area contributed by atoms with Crippen molar-refractivity contribution in [2.75, 3.05) is 11.4 Å². The molecule has 1 aliphatic rings. The Morgan fingerprint density at radius 2 is 1.96 bits per heavy atom. The van der Waals surface area contributed by atoms with E-state index in [1.165, 1.54) is 16.3 Å². The molecule has 2 aromatic heterocycles. The van der Waals surface area contributed by atoms with Crippen LogP contribution in [-0.2, 0) is 0 Å². The smallest absolute Gasteiger partial charge is 0.162 e. The SMILES string of the molecule is C(=C[C@H]1CCCN1c1ncnc2[nH]cnc12)c1cccc2ccccc12. The lowest BCUT2D eigenvalue weighted by atomic mass is 10.0. The van der Waals surface area contributed by atoms with E-state index in [9.17, 15) is 0 Å². The third-order valence-electron chi connectivity index (χ3n) is 5.09. The van der Waals surface area contributed by atoms with Gasteiger partial charge in [-0.2, -0.15) is 0 Å². The third-order valence-corrected chi connectivity index (χ3v) is 5.09. The topological polar surface area (TPSA) is 57.7 Å². The molecule has 1 saturated heterocycles. The van der Waals surface area contributed by atoms with E-state index in [2.05, 4.69) is 79.5 Å². The highest BCUT2D eigenvalue weighted by Gasteiger charge is 2.26. The van der Waals surface area contributed by atoms with Gasteiger partial charge in [0.2, 0.25) is 0 Å². The molecule has 26 heavy (non-hydrogen) atoms. The predicted octanol–water partition coefficient (Wildman–Crippen LogP) is 4.19. The highest BCUT2D eigenvalue weighted by Crippen LogP contribution is 2.29. The van der Waals surface area contributed by atoms with Crippen molar-refractivity contribution < 1.29 is 0 Å². The van der Waals surface area contributed by atoms with Crippen LogP contribution < -0.4 is 4.90 Å². The van der Waals surface area contributed by atoms with E-state index in [1.807, 2.05) is 0 Å². The number of H-pyrrole nitrogens is 1. The summed E-state index contributed by atoms with van der Waals surface area (Å²) < 4.78 is 0. The summed E-state index contributed by atoms with van der Waals surface area (Å²) in [6.45, 7) is 0.990. The van der Waals surface area contributed by atoms with Crippen molar-refractivity contribution in [2.24, 2.45) is 0 Å². The molecule has 1 atom stereocenters. The number of rotatable bonds is 3. The fraction of sp³-hybridized carbons (Fsp3) is 0.190. The van der Waals surface area contributed by atoms with Gasteiger partial charge in [-0.05, 0) is 29.2 Å². The molecule has 1 fully saturated rings. The highest BCUT2D eigenvalue weighted by atomic mass is 15.2. The van der Waals surface area contributed by atoms with E-state index in [0.717, 1.165) is 36.4 Å². The summed E-state index contributed by atoms with van der Waals surface area (Å²) in [6, 6.07) is 15.3. The normalized spacial score (nSPS) is 17.7. The molecule has 5 nitrogen and oxygen atoms in total. The Labute approximate surface area is 151 Å². The fourth-order valence-electron chi connectivity index (χ4n) is 3.83. The molecule has 3 heterocycles. The van der Waals surface area contributed by atoms with Gasteiger partial charge in [0.15, 0.2) is 11.5 Å². The van der Waals surface area contributed by atoms with Crippen molar-refractivity contribution >= 4 is 33.8 Å². The lowest BCUT2D eigenvalue weighted by Gasteiger charge is -2.23. The van der Waals surface area contributed by atoms with Crippen LogP contribution >= 0.6 is 0 Å². The summed E-state index contributed by atoms with van der Waals surface area (Å²) in [6.07, 6.45) is 10.1. The molecule has 2 aromatic carbocycles. The van der Waals surface area contributed by atoms with Crippen LogP contribution in [0.3, 0.4) is 0 Å². The number of benzene rings is 2. The minimum absolute atomic E-state index is 0.323. The Hall–Kier alpha value is -3.21. The molecule has 1 aliphatic heterocycles. The molecule has 0 amide bonds. The number of anilines is 1. The largest absolute Gasteiger partial charge is 0.348 e. The number of nitrogens with zero attached hydrogens (tertiary/aromatic N) is 4. The van der Waals surface area contributed by atoms with Gasteiger partial charge in [0.1, 0.15) is 11.8 Å². The second-order valence-corrected chi connectivity index (χ2v) is 6.63. The van der Waals surface area contributed by atoms with Crippen LogP contribution in [-0.4, -0.2) is 32.5 Å². The molecule has 0 saturated carbocycles. The zero-order chi connectivity index (χ0) is 17.3. The molecule has 4 aromatic rings. The van der Waals surface area contributed by atoms with Crippen molar-refractivity contribution in [3.63, 3.8) is 0 Å². The van der Waals surface area contributed by atoms with E-state index >= 15 is 0 Å². The maximum atomic E-state index is 4.51. The first-order valence-electron chi connectivity index (χ1n) is 8.97.